The molecule has 0 aliphatic heterocycles. The van der Waals surface area contributed by atoms with Crippen LogP contribution in [-0.2, 0) is 6.54 Å². The first-order valence-electron chi connectivity index (χ1n) is 5.54. The van der Waals surface area contributed by atoms with Crippen LogP contribution in [0.2, 0.25) is 0 Å². The Morgan fingerprint density at radius 3 is 2.71 bits per heavy atom. The van der Waals surface area contributed by atoms with Crippen molar-refractivity contribution in [2.75, 3.05) is 7.11 Å². The van der Waals surface area contributed by atoms with Crippen LogP contribution in [-0.4, -0.2) is 12.1 Å². The van der Waals surface area contributed by atoms with Crippen molar-refractivity contribution in [3.05, 3.63) is 47.7 Å². The number of pyridine rings is 1. The molecule has 2 N–H and O–H groups in total. The van der Waals surface area contributed by atoms with Crippen molar-refractivity contribution in [2.24, 2.45) is 5.73 Å². The van der Waals surface area contributed by atoms with Crippen molar-refractivity contribution in [2.45, 2.75) is 13.5 Å². The fraction of sp³-hybridized carbons (Fsp3) is 0.214. The molecule has 0 bridgehead atoms. The Morgan fingerprint density at radius 2 is 2.06 bits per heavy atom. The maximum Gasteiger partial charge on any atom is 0.217 e. The second-order valence-electron chi connectivity index (χ2n) is 3.97. The molecule has 0 spiro atoms. The van der Waals surface area contributed by atoms with E-state index in [1.54, 1.807) is 7.11 Å². The zero-order chi connectivity index (χ0) is 12.3. The molecule has 0 radical (unpaired) electrons. The van der Waals surface area contributed by atoms with Crippen LogP contribution in [0.5, 0.6) is 5.88 Å². The van der Waals surface area contributed by atoms with Gasteiger partial charge in [0, 0.05) is 23.9 Å². The lowest BCUT2D eigenvalue weighted by Crippen LogP contribution is -2.02. The lowest BCUT2D eigenvalue weighted by Gasteiger charge is -2.08. The number of nitrogens with two attached hydrogens (primary N) is 1. The van der Waals surface area contributed by atoms with Gasteiger partial charge < -0.3 is 10.5 Å². The van der Waals surface area contributed by atoms with E-state index in [2.05, 4.69) is 30.1 Å². The van der Waals surface area contributed by atoms with Gasteiger partial charge in [-0.3, -0.25) is 0 Å². The number of benzene rings is 1. The number of aromatic nitrogens is 1. The molecular formula is C14H16N2O. The maximum atomic E-state index is 5.68. The minimum Gasteiger partial charge on any atom is -0.481 e. The molecule has 0 amide bonds. The number of methoxy groups -OCH3 is 1. The number of hydrogen-bond donors (Lipinski definition) is 1. The summed E-state index contributed by atoms with van der Waals surface area (Å²) in [6.07, 6.45) is 1.81. The third-order valence-corrected chi connectivity index (χ3v) is 2.69. The number of ether oxygens (including phenoxy) is 1. The summed E-state index contributed by atoms with van der Waals surface area (Å²) in [5, 5.41) is 0. The summed E-state index contributed by atoms with van der Waals surface area (Å²) >= 11 is 0. The molecule has 0 atom stereocenters. The van der Waals surface area contributed by atoms with Crippen LogP contribution in [0.4, 0.5) is 0 Å². The zero-order valence-electron chi connectivity index (χ0n) is 10.1. The fourth-order valence-electron chi connectivity index (χ4n) is 1.81. The maximum absolute atomic E-state index is 5.68. The standard InChI is InChI=1S/C14H16N2O/c1-10-4-3-5-11(6-10)13-7-12(8-15)14(17-2)16-9-13/h3-7,9H,8,15H2,1-2H3. The highest BCUT2D eigenvalue weighted by Gasteiger charge is 2.06. The highest BCUT2D eigenvalue weighted by Crippen LogP contribution is 2.24. The van der Waals surface area contributed by atoms with E-state index >= 15 is 0 Å². The predicted octanol–water partition coefficient (Wildman–Crippen LogP) is 2.52. The first kappa shape index (κ1) is 11.6. The molecule has 1 aromatic carbocycles. The van der Waals surface area contributed by atoms with E-state index in [-0.39, 0.29) is 0 Å². The molecule has 0 saturated heterocycles. The lowest BCUT2D eigenvalue weighted by molar-refractivity contribution is 0.393. The van der Waals surface area contributed by atoms with Crippen molar-refractivity contribution in [3.8, 4) is 17.0 Å². The van der Waals surface area contributed by atoms with E-state index in [0.717, 1.165) is 16.7 Å². The number of aryl methyl sites for hydroxylation is 1. The highest BCUT2D eigenvalue weighted by molar-refractivity contribution is 5.64. The molecule has 0 aliphatic carbocycles. The summed E-state index contributed by atoms with van der Waals surface area (Å²) < 4.78 is 5.16. The normalized spacial score (nSPS) is 10.3. The molecule has 1 heterocycles. The van der Waals surface area contributed by atoms with Gasteiger partial charge in [-0.05, 0) is 18.6 Å². The summed E-state index contributed by atoms with van der Waals surface area (Å²) in [5.74, 6) is 0.601. The summed E-state index contributed by atoms with van der Waals surface area (Å²) in [4.78, 5) is 4.27. The van der Waals surface area contributed by atoms with Crippen molar-refractivity contribution < 1.29 is 4.74 Å². The summed E-state index contributed by atoms with van der Waals surface area (Å²) in [6.45, 7) is 2.50. The molecule has 3 nitrogen and oxygen atoms in total. The average Bonchev–Trinajstić information content (AvgIpc) is 2.38. The second-order valence-corrected chi connectivity index (χ2v) is 3.97. The largest absolute Gasteiger partial charge is 0.481 e. The van der Waals surface area contributed by atoms with Crippen LogP contribution in [0.1, 0.15) is 11.1 Å². The Bertz CT molecular complexity index is 523. The van der Waals surface area contributed by atoms with Gasteiger partial charge in [0.25, 0.3) is 0 Å². The summed E-state index contributed by atoms with van der Waals surface area (Å²) in [7, 11) is 1.60. The van der Waals surface area contributed by atoms with Gasteiger partial charge in [0.2, 0.25) is 5.88 Å². The molecule has 2 rings (SSSR count). The summed E-state index contributed by atoms with van der Waals surface area (Å²) in [6, 6.07) is 10.3. The van der Waals surface area contributed by atoms with Gasteiger partial charge in [-0.2, -0.15) is 0 Å². The van der Waals surface area contributed by atoms with Gasteiger partial charge in [-0.1, -0.05) is 29.8 Å². The molecule has 2 aromatic rings. The van der Waals surface area contributed by atoms with E-state index in [9.17, 15) is 0 Å². The Kier molecular flexibility index (Phi) is 3.40. The van der Waals surface area contributed by atoms with Crippen molar-refractivity contribution >= 4 is 0 Å². The Hall–Kier alpha value is -1.87. The second kappa shape index (κ2) is 4.97. The quantitative estimate of drug-likeness (QED) is 0.878. The third-order valence-electron chi connectivity index (χ3n) is 2.69. The number of nitrogens with zero attached hydrogens (tertiary/aromatic N) is 1. The van der Waals surface area contributed by atoms with Crippen LogP contribution < -0.4 is 10.5 Å². The van der Waals surface area contributed by atoms with Crippen molar-refractivity contribution in [1.29, 1.82) is 0 Å². The molecule has 0 fully saturated rings. The highest BCUT2D eigenvalue weighted by atomic mass is 16.5. The van der Waals surface area contributed by atoms with Gasteiger partial charge >= 0.3 is 0 Å². The topological polar surface area (TPSA) is 48.1 Å². The molecule has 1 aromatic heterocycles. The number of rotatable bonds is 3. The van der Waals surface area contributed by atoms with E-state index in [4.69, 9.17) is 10.5 Å². The number of hydrogen-bond acceptors (Lipinski definition) is 3. The van der Waals surface area contributed by atoms with E-state index < -0.39 is 0 Å². The molecular weight excluding hydrogens is 212 g/mol. The Labute approximate surface area is 101 Å². The first-order valence-corrected chi connectivity index (χ1v) is 5.54. The van der Waals surface area contributed by atoms with Gasteiger partial charge in [0.15, 0.2) is 0 Å². The van der Waals surface area contributed by atoms with Crippen LogP contribution in [0.15, 0.2) is 36.5 Å². The zero-order valence-corrected chi connectivity index (χ0v) is 10.1. The van der Waals surface area contributed by atoms with E-state index in [0.29, 0.717) is 12.4 Å². The van der Waals surface area contributed by atoms with Crippen molar-refractivity contribution in [3.63, 3.8) is 0 Å². The van der Waals surface area contributed by atoms with Crippen LogP contribution in [0.25, 0.3) is 11.1 Å². The minimum atomic E-state index is 0.426. The molecule has 17 heavy (non-hydrogen) atoms. The molecule has 0 aliphatic rings. The Balaban J connectivity index is 2.46. The first-order chi connectivity index (χ1) is 8.24. The van der Waals surface area contributed by atoms with Crippen LogP contribution in [0, 0.1) is 6.92 Å². The lowest BCUT2D eigenvalue weighted by atomic mass is 10.0. The van der Waals surface area contributed by atoms with E-state index in [1.807, 2.05) is 18.3 Å². The average molecular weight is 228 g/mol. The van der Waals surface area contributed by atoms with Crippen LogP contribution >= 0.6 is 0 Å². The van der Waals surface area contributed by atoms with Gasteiger partial charge in [0.05, 0.1) is 7.11 Å². The third kappa shape index (κ3) is 2.45. The molecule has 88 valence electrons. The molecule has 0 saturated carbocycles. The van der Waals surface area contributed by atoms with E-state index in [1.165, 1.54) is 5.56 Å². The Morgan fingerprint density at radius 1 is 1.24 bits per heavy atom. The monoisotopic (exact) mass is 228 g/mol. The summed E-state index contributed by atoms with van der Waals surface area (Å²) in [5.41, 5.74) is 10.0. The fourth-order valence-corrected chi connectivity index (χ4v) is 1.81. The van der Waals surface area contributed by atoms with Gasteiger partial charge in [-0.25, -0.2) is 4.98 Å². The van der Waals surface area contributed by atoms with Crippen molar-refractivity contribution in [1.82, 2.24) is 4.98 Å². The van der Waals surface area contributed by atoms with Gasteiger partial charge in [0.1, 0.15) is 0 Å². The molecule has 3 heteroatoms. The molecule has 0 unspecified atom stereocenters. The minimum absolute atomic E-state index is 0.426. The predicted molar refractivity (Wildman–Crippen MR) is 68.9 cm³/mol. The van der Waals surface area contributed by atoms with Crippen LogP contribution in [0.3, 0.4) is 0 Å². The SMILES string of the molecule is COc1ncc(-c2cccc(C)c2)cc1CN. The smallest absolute Gasteiger partial charge is 0.217 e. The van der Waals surface area contributed by atoms with Gasteiger partial charge in [-0.15, -0.1) is 0 Å².